The zero-order valence-corrected chi connectivity index (χ0v) is 28.3. The summed E-state index contributed by atoms with van der Waals surface area (Å²) in [6, 6.07) is 10.9. The maximum Gasteiger partial charge on any atom is 0.306 e. The third kappa shape index (κ3) is 7.79. The first kappa shape index (κ1) is 33.4. The maximum atomic E-state index is 13.6. The van der Waals surface area contributed by atoms with Crippen LogP contribution in [0, 0.1) is 17.8 Å². The summed E-state index contributed by atoms with van der Waals surface area (Å²) in [5.41, 5.74) is 4.58. The molecule has 2 aromatic heterocycles. The minimum Gasteiger partial charge on any atom is -0.481 e. The van der Waals surface area contributed by atoms with Crippen LogP contribution in [0.4, 0.5) is 16.2 Å². The number of hydrogen-bond acceptors (Lipinski definition) is 7. The molecule has 9 nitrogen and oxygen atoms in total. The molecule has 3 aromatic rings. The quantitative estimate of drug-likeness (QED) is 0.220. The second kappa shape index (κ2) is 15.1. The molecule has 2 fully saturated rings. The van der Waals surface area contributed by atoms with E-state index in [0.29, 0.717) is 17.8 Å². The molecule has 2 N–H and O–H groups in total. The van der Waals surface area contributed by atoms with E-state index in [1.54, 1.807) is 6.20 Å². The summed E-state index contributed by atoms with van der Waals surface area (Å²) in [5.74, 6) is 2.13. The number of benzene rings is 1. The largest absolute Gasteiger partial charge is 0.481 e. The summed E-state index contributed by atoms with van der Waals surface area (Å²) >= 11 is 0. The molecule has 4 atom stereocenters. The normalized spacial score (nSPS) is 24.7. The highest BCUT2D eigenvalue weighted by Gasteiger charge is 2.34. The second-order valence-electron chi connectivity index (χ2n) is 14.3. The summed E-state index contributed by atoms with van der Waals surface area (Å²) in [4.78, 5) is 27.0. The van der Waals surface area contributed by atoms with E-state index in [9.17, 15) is 14.3 Å². The summed E-state index contributed by atoms with van der Waals surface area (Å²) < 4.78 is 15.0. The van der Waals surface area contributed by atoms with Crippen LogP contribution in [0.5, 0.6) is 0 Å². The van der Waals surface area contributed by atoms with Crippen LogP contribution in [0.2, 0.25) is 0 Å². The highest BCUT2D eigenvalue weighted by Crippen LogP contribution is 2.39. The Balaban J connectivity index is 1.33. The van der Waals surface area contributed by atoms with Gasteiger partial charge in [0.25, 0.3) is 0 Å². The lowest BCUT2D eigenvalue weighted by Gasteiger charge is -2.38. The van der Waals surface area contributed by atoms with E-state index in [2.05, 4.69) is 71.4 Å². The molecule has 0 radical (unpaired) electrons. The maximum absolute atomic E-state index is 13.6. The first-order chi connectivity index (χ1) is 22.8. The number of nitrogens with zero attached hydrogens (tertiary/aromatic N) is 6. The minimum atomic E-state index is -0.669. The first-order valence-corrected chi connectivity index (χ1v) is 17.8. The van der Waals surface area contributed by atoms with Crippen molar-refractivity contribution in [2.45, 2.75) is 103 Å². The SMILES string of the molecule is CC[C@H](C1CCC(C(=O)O)CC1)N(C)c1nc2c(c(N[C@@H](CN3CCC[C@H](C)C3)c3cnn(CF)c3)n1)C[C@H](c1ccccc1)CC2. The number of anilines is 2. The molecule has 1 saturated carbocycles. The fourth-order valence-corrected chi connectivity index (χ4v) is 8.44. The third-order valence-corrected chi connectivity index (χ3v) is 11.1. The Bertz CT molecular complexity index is 1470. The number of aromatic nitrogens is 4. The van der Waals surface area contributed by atoms with E-state index in [-0.39, 0.29) is 18.0 Å². The number of piperidine rings is 1. The van der Waals surface area contributed by atoms with E-state index >= 15 is 0 Å². The molecule has 2 aliphatic carbocycles. The summed E-state index contributed by atoms with van der Waals surface area (Å²) in [6.07, 6.45) is 13.0. The zero-order valence-electron chi connectivity index (χ0n) is 28.3. The molecule has 1 aliphatic heterocycles. The molecule has 6 rings (SSSR count). The Kier molecular flexibility index (Phi) is 10.7. The molecule has 47 heavy (non-hydrogen) atoms. The number of fused-ring (bicyclic) bond motifs is 1. The van der Waals surface area contributed by atoms with Crippen LogP contribution >= 0.6 is 0 Å². The molecular weight excluding hydrogens is 593 g/mol. The smallest absolute Gasteiger partial charge is 0.306 e. The van der Waals surface area contributed by atoms with Crippen molar-refractivity contribution in [2.24, 2.45) is 17.8 Å². The number of halogens is 1. The van der Waals surface area contributed by atoms with Gasteiger partial charge in [-0.25, -0.2) is 14.1 Å². The van der Waals surface area contributed by atoms with Gasteiger partial charge in [-0.1, -0.05) is 44.2 Å². The Hall–Kier alpha value is -3.53. The minimum absolute atomic E-state index is 0.108. The monoisotopic (exact) mass is 645 g/mol. The molecule has 1 saturated heterocycles. The molecule has 254 valence electrons. The lowest BCUT2D eigenvalue weighted by Crippen LogP contribution is -2.41. The predicted molar refractivity (Wildman–Crippen MR) is 183 cm³/mol. The number of aliphatic carboxylic acids is 1. The zero-order chi connectivity index (χ0) is 32.9. The van der Waals surface area contributed by atoms with Crippen LogP contribution in [-0.2, 0) is 24.4 Å². The molecule has 3 aliphatic rings. The van der Waals surface area contributed by atoms with Crippen molar-refractivity contribution >= 4 is 17.7 Å². The van der Waals surface area contributed by atoms with Crippen molar-refractivity contribution < 1.29 is 14.3 Å². The number of carboxylic acids is 1. The molecule has 0 spiro atoms. The first-order valence-electron chi connectivity index (χ1n) is 17.8. The van der Waals surface area contributed by atoms with Crippen LogP contribution in [0.3, 0.4) is 0 Å². The van der Waals surface area contributed by atoms with E-state index in [1.807, 2.05) is 6.20 Å². The van der Waals surface area contributed by atoms with Crippen LogP contribution in [-0.4, -0.2) is 68.4 Å². The molecule has 0 bridgehead atoms. The van der Waals surface area contributed by atoms with Gasteiger partial charge in [0, 0.05) is 43.5 Å². The molecule has 3 heterocycles. The number of likely N-dealkylation sites (tertiary alicyclic amines) is 1. The van der Waals surface area contributed by atoms with Gasteiger partial charge in [-0.05, 0) is 94.1 Å². The molecule has 0 unspecified atom stereocenters. The van der Waals surface area contributed by atoms with Gasteiger partial charge in [0.2, 0.25) is 5.95 Å². The van der Waals surface area contributed by atoms with Crippen molar-refractivity contribution in [3.63, 3.8) is 0 Å². The summed E-state index contributed by atoms with van der Waals surface area (Å²) in [6.45, 7) is 6.76. The van der Waals surface area contributed by atoms with Gasteiger partial charge in [0.15, 0.2) is 6.80 Å². The summed E-state index contributed by atoms with van der Waals surface area (Å²) in [7, 11) is 2.11. The van der Waals surface area contributed by atoms with Crippen LogP contribution in [0.15, 0.2) is 42.7 Å². The van der Waals surface area contributed by atoms with Crippen molar-refractivity contribution in [1.29, 1.82) is 0 Å². The van der Waals surface area contributed by atoms with E-state index in [0.717, 1.165) is 94.0 Å². The Labute approximate surface area is 279 Å². The van der Waals surface area contributed by atoms with Gasteiger partial charge in [-0.15, -0.1) is 0 Å². The molecule has 1 aromatic carbocycles. The van der Waals surface area contributed by atoms with E-state index in [1.165, 1.54) is 28.7 Å². The van der Waals surface area contributed by atoms with E-state index < -0.39 is 12.8 Å². The lowest BCUT2D eigenvalue weighted by atomic mass is 9.77. The van der Waals surface area contributed by atoms with E-state index in [4.69, 9.17) is 9.97 Å². The van der Waals surface area contributed by atoms with Crippen LogP contribution in [0.1, 0.15) is 99.6 Å². The highest BCUT2D eigenvalue weighted by molar-refractivity contribution is 5.70. The van der Waals surface area contributed by atoms with Gasteiger partial charge >= 0.3 is 5.97 Å². The van der Waals surface area contributed by atoms with Crippen LogP contribution < -0.4 is 10.2 Å². The average molecular weight is 646 g/mol. The molecular formula is C37H52FN7O2. The fourth-order valence-electron chi connectivity index (χ4n) is 8.44. The number of rotatable bonds is 12. The second-order valence-corrected chi connectivity index (χ2v) is 14.3. The standard InChI is InChI=1S/C37H52FN7O2/c1-4-34(27-12-14-28(15-13-27)36(46)47)43(3)37-41-32-17-16-29(26-10-6-5-7-11-26)19-31(32)35(42-37)40-33(30-20-39-45(22-30)24-38)23-44-18-8-9-25(2)21-44/h5-7,10-11,20,22,25,27-29,33-34H,4,8-9,12-19,21,23-24H2,1-3H3,(H,46,47)(H,40,41,42)/t25-,27?,28?,29+,33-,34+/m0/s1. The van der Waals surface area contributed by atoms with Crippen molar-refractivity contribution in [2.75, 3.05) is 36.9 Å². The van der Waals surface area contributed by atoms with Gasteiger partial charge in [-0.2, -0.15) is 10.1 Å². The predicted octanol–water partition coefficient (Wildman–Crippen LogP) is 6.86. The number of carbonyl (C=O) groups is 1. The van der Waals surface area contributed by atoms with Gasteiger partial charge in [-0.3, -0.25) is 4.79 Å². The van der Waals surface area contributed by atoms with Gasteiger partial charge in [0.05, 0.1) is 23.9 Å². The number of carboxylic acid groups (broad SMARTS) is 1. The number of nitrogens with one attached hydrogen (secondary N) is 1. The highest BCUT2D eigenvalue weighted by atomic mass is 19.1. The Morgan fingerprint density at radius 3 is 2.60 bits per heavy atom. The number of alkyl halides is 1. The molecule has 10 heteroatoms. The fraction of sp³-hybridized carbons (Fsp3) is 0.622. The van der Waals surface area contributed by atoms with Gasteiger partial charge < -0.3 is 20.2 Å². The Morgan fingerprint density at radius 1 is 1.13 bits per heavy atom. The number of hydrogen-bond donors (Lipinski definition) is 2. The summed E-state index contributed by atoms with van der Waals surface area (Å²) in [5, 5.41) is 17.7. The van der Waals surface area contributed by atoms with Crippen molar-refractivity contribution in [1.82, 2.24) is 24.6 Å². The molecule has 0 amide bonds. The number of aryl methyl sites for hydroxylation is 1. The lowest BCUT2D eigenvalue weighted by molar-refractivity contribution is -0.143. The van der Waals surface area contributed by atoms with Crippen molar-refractivity contribution in [3.8, 4) is 0 Å². The Morgan fingerprint density at radius 2 is 1.91 bits per heavy atom. The van der Waals surface area contributed by atoms with Gasteiger partial charge in [0.1, 0.15) is 5.82 Å². The van der Waals surface area contributed by atoms with Crippen molar-refractivity contribution in [3.05, 3.63) is 65.1 Å². The topological polar surface area (TPSA) is 99.4 Å². The average Bonchev–Trinajstić information content (AvgIpc) is 3.58. The third-order valence-electron chi connectivity index (χ3n) is 11.1. The van der Waals surface area contributed by atoms with Crippen LogP contribution in [0.25, 0.3) is 0 Å².